The number of nitrogens with one attached hydrogen (secondary N) is 1. The second-order valence-corrected chi connectivity index (χ2v) is 5.77. The first-order chi connectivity index (χ1) is 12.8. The maximum Gasteiger partial charge on any atom is 0.417 e. The standard InChI is InChI=1S/C17H11ClF3N5O/c18-15-7-1-11(9-14(15)17(19,20)21)2-8-16(27)23-12-3-5-13(6-4-12)26-10-22-24-25-26/h1-10H,(H,23,27)/b8-2+. The lowest BCUT2D eigenvalue weighted by Crippen LogP contribution is -2.08. The molecule has 27 heavy (non-hydrogen) atoms. The fourth-order valence-electron chi connectivity index (χ4n) is 2.20. The van der Waals surface area contributed by atoms with Gasteiger partial charge in [-0.15, -0.1) is 5.10 Å². The summed E-state index contributed by atoms with van der Waals surface area (Å²) in [5.41, 5.74) is 0.462. The zero-order valence-corrected chi connectivity index (χ0v) is 14.2. The van der Waals surface area contributed by atoms with Gasteiger partial charge in [0.2, 0.25) is 5.91 Å². The minimum atomic E-state index is -4.56. The van der Waals surface area contributed by atoms with Gasteiger partial charge in [0.25, 0.3) is 0 Å². The second-order valence-electron chi connectivity index (χ2n) is 5.36. The molecule has 0 saturated carbocycles. The fraction of sp³-hybridized carbons (Fsp3) is 0.0588. The van der Waals surface area contributed by atoms with E-state index in [2.05, 4.69) is 20.8 Å². The highest BCUT2D eigenvalue weighted by Gasteiger charge is 2.33. The lowest BCUT2D eigenvalue weighted by atomic mass is 10.1. The smallest absolute Gasteiger partial charge is 0.323 e. The molecule has 2 aromatic carbocycles. The van der Waals surface area contributed by atoms with Gasteiger partial charge in [0.1, 0.15) is 6.33 Å². The van der Waals surface area contributed by atoms with Gasteiger partial charge in [-0.3, -0.25) is 4.79 Å². The lowest BCUT2D eigenvalue weighted by molar-refractivity contribution is -0.137. The monoisotopic (exact) mass is 393 g/mol. The molecule has 0 spiro atoms. The van der Waals surface area contributed by atoms with E-state index in [0.29, 0.717) is 11.4 Å². The van der Waals surface area contributed by atoms with Crippen LogP contribution in [0, 0.1) is 0 Å². The van der Waals surface area contributed by atoms with Crippen LogP contribution in [0.25, 0.3) is 11.8 Å². The van der Waals surface area contributed by atoms with Gasteiger partial charge in [-0.05, 0) is 58.5 Å². The number of aromatic nitrogens is 4. The quantitative estimate of drug-likeness (QED) is 0.680. The number of alkyl halides is 3. The Kier molecular flexibility index (Phi) is 5.22. The van der Waals surface area contributed by atoms with E-state index in [9.17, 15) is 18.0 Å². The molecule has 0 aliphatic carbocycles. The van der Waals surface area contributed by atoms with Crippen molar-refractivity contribution in [3.8, 4) is 5.69 Å². The third kappa shape index (κ3) is 4.70. The number of halogens is 4. The molecule has 1 aromatic heterocycles. The number of benzene rings is 2. The molecule has 138 valence electrons. The summed E-state index contributed by atoms with van der Waals surface area (Å²) < 4.78 is 40.0. The predicted molar refractivity (Wildman–Crippen MR) is 93.3 cm³/mol. The van der Waals surface area contributed by atoms with E-state index in [4.69, 9.17) is 11.6 Å². The molecule has 1 N–H and O–H groups in total. The Morgan fingerprint density at radius 1 is 1.15 bits per heavy atom. The summed E-state index contributed by atoms with van der Waals surface area (Å²) >= 11 is 5.56. The van der Waals surface area contributed by atoms with E-state index in [1.807, 2.05) is 0 Å². The fourth-order valence-corrected chi connectivity index (χ4v) is 2.42. The van der Waals surface area contributed by atoms with Crippen LogP contribution in [0.2, 0.25) is 5.02 Å². The highest BCUT2D eigenvalue weighted by Crippen LogP contribution is 2.35. The Balaban J connectivity index is 1.67. The normalized spacial score (nSPS) is 11.7. The molecule has 0 saturated heterocycles. The highest BCUT2D eigenvalue weighted by molar-refractivity contribution is 6.31. The number of hydrogen-bond acceptors (Lipinski definition) is 4. The molecule has 0 aliphatic rings. The Hall–Kier alpha value is -3.20. The van der Waals surface area contributed by atoms with Gasteiger partial charge in [0.05, 0.1) is 16.3 Å². The summed E-state index contributed by atoms with van der Waals surface area (Å²) in [5, 5.41) is 13.0. The minimum absolute atomic E-state index is 0.205. The molecule has 10 heteroatoms. The number of amides is 1. The van der Waals surface area contributed by atoms with E-state index in [1.54, 1.807) is 24.3 Å². The van der Waals surface area contributed by atoms with Gasteiger partial charge < -0.3 is 5.32 Å². The van der Waals surface area contributed by atoms with Crippen molar-refractivity contribution in [2.75, 3.05) is 5.32 Å². The van der Waals surface area contributed by atoms with E-state index >= 15 is 0 Å². The minimum Gasteiger partial charge on any atom is -0.323 e. The van der Waals surface area contributed by atoms with Gasteiger partial charge in [-0.1, -0.05) is 17.7 Å². The van der Waals surface area contributed by atoms with Crippen LogP contribution in [0.1, 0.15) is 11.1 Å². The molecule has 0 unspecified atom stereocenters. The lowest BCUT2D eigenvalue weighted by Gasteiger charge is -2.09. The third-order valence-corrected chi connectivity index (χ3v) is 3.80. The molecule has 0 fully saturated rings. The van der Waals surface area contributed by atoms with E-state index < -0.39 is 22.7 Å². The summed E-state index contributed by atoms with van der Waals surface area (Å²) in [4.78, 5) is 12.0. The predicted octanol–water partition coefficient (Wildman–Crippen LogP) is 3.99. The zero-order valence-electron chi connectivity index (χ0n) is 13.5. The van der Waals surface area contributed by atoms with Crippen molar-refractivity contribution in [1.82, 2.24) is 20.2 Å². The first-order valence-corrected chi connectivity index (χ1v) is 7.90. The van der Waals surface area contributed by atoms with E-state index in [1.165, 1.54) is 23.2 Å². The van der Waals surface area contributed by atoms with Gasteiger partial charge >= 0.3 is 6.18 Å². The van der Waals surface area contributed by atoms with Crippen LogP contribution < -0.4 is 5.32 Å². The Labute approximate surface area is 156 Å². The number of anilines is 1. The maximum absolute atomic E-state index is 12.8. The molecule has 1 heterocycles. The molecule has 3 rings (SSSR count). The number of tetrazole rings is 1. The number of nitrogens with zero attached hydrogens (tertiary/aromatic N) is 4. The molecule has 1 amide bonds. The Bertz CT molecular complexity index is 969. The van der Waals surface area contributed by atoms with Gasteiger partial charge in [0.15, 0.2) is 0 Å². The van der Waals surface area contributed by atoms with Crippen LogP contribution in [0.4, 0.5) is 18.9 Å². The van der Waals surface area contributed by atoms with Crippen LogP contribution >= 0.6 is 11.6 Å². The average Bonchev–Trinajstić information content (AvgIpc) is 3.15. The molecule has 3 aromatic rings. The second kappa shape index (κ2) is 7.58. The van der Waals surface area contributed by atoms with Crippen molar-refractivity contribution < 1.29 is 18.0 Å². The molecule has 6 nitrogen and oxygen atoms in total. The molecular weight excluding hydrogens is 383 g/mol. The first kappa shape index (κ1) is 18.6. The van der Waals surface area contributed by atoms with Gasteiger partial charge in [0, 0.05) is 11.8 Å². The van der Waals surface area contributed by atoms with Crippen molar-refractivity contribution in [3.05, 3.63) is 71.0 Å². The summed E-state index contributed by atoms with van der Waals surface area (Å²) in [5.74, 6) is -0.492. The number of hydrogen-bond donors (Lipinski definition) is 1. The molecule has 0 aliphatic heterocycles. The van der Waals surface area contributed by atoms with Crippen LogP contribution in [0.5, 0.6) is 0 Å². The van der Waals surface area contributed by atoms with Crippen LogP contribution in [0.15, 0.2) is 54.9 Å². The van der Waals surface area contributed by atoms with Crippen molar-refractivity contribution in [3.63, 3.8) is 0 Å². The summed E-state index contributed by atoms with van der Waals surface area (Å²) in [6.07, 6.45) is -0.725. The van der Waals surface area contributed by atoms with Crippen LogP contribution in [-0.2, 0) is 11.0 Å². The topological polar surface area (TPSA) is 72.7 Å². The Morgan fingerprint density at radius 3 is 2.52 bits per heavy atom. The van der Waals surface area contributed by atoms with Crippen molar-refractivity contribution >= 4 is 29.3 Å². The average molecular weight is 394 g/mol. The summed E-state index contributed by atoms with van der Waals surface area (Å²) in [6.45, 7) is 0. The van der Waals surface area contributed by atoms with Crippen LogP contribution in [0.3, 0.4) is 0 Å². The largest absolute Gasteiger partial charge is 0.417 e. The third-order valence-electron chi connectivity index (χ3n) is 3.47. The Morgan fingerprint density at radius 2 is 1.89 bits per heavy atom. The highest BCUT2D eigenvalue weighted by atomic mass is 35.5. The zero-order chi connectivity index (χ0) is 19.4. The van der Waals surface area contributed by atoms with E-state index in [-0.39, 0.29) is 5.56 Å². The first-order valence-electron chi connectivity index (χ1n) is 7.52. The molecular formula is C17H11ClF3N5O. The van der Waals surface area contributed by atoms with Crippen molar-refractivity contribution in [2.24, 2.45) is 0 Å². The van der Waals surface area contributed by atoms with Gasteiger partial charge in [-0.2, -0.15) is 13.2 Å². The number of rotatable bonds is 4. The van der Waals surface area contributed by atoms with Crippen molar-refractivity contribution in [1.29, 1.82) is 0 Å². The number of carbonyl (C=O) groups excluding carboxylic acids is 1. The maximum atomic E-state index is 12.8. The molecule has 0 bridgehead atoms. The number of carbonyl (C=O) groups is 1. The van der Waals surface area contributed by atoms with Gasteiger partial charge in [-0.25, -0.2) is 4.68 Å². The van der Waals surface area contributed by atoms with Crippen LogP contribution in [-0.4, -0.2) is 26.1 Å². The van der Waals surface area contributed by atoms with Crippen molar-refractivity contribution in [2.45, 2.75) is 6.18 Å². The molecule has 0 radical (unpaired) electrons. The summed E-state index contributed by atoms with van der Waals surface area (Å²) in [6, 6.07) is 10.1. The van der Waals surface area contributed by atoms with E-state index in [0.717, 1.165) is 18.2 Å². The SMILES string of the molecule is O=C(/C=C/c1ccc(Cl)c(C(F)(F)F)c1)Nc1ccc(-n2cnnn2)cc1. The summed E-state index contributed by atoms with van der Waals surface area (Å²) in [7, 11) is 0. The molecule has 0 atom stereocenters.